The van der Waals surface area contributed by atoms with Crippen LogP contribution in [0.3, 0.4) is 0 Å². The van der Waals surface area contributed by atoms with Crippen molar-refractivity contribution in [2.24, 2.45) is 11.3 Å². The van der Waals surface area contributed by atoms with E-state index in [-0.39, 0.29) is 0 Å². The first-order chi connectivity index (χ1) is 7.05. The molecule has 0 amide bonds. The van der Waals surface area contributed by atoms with Crippen LogP contribution in [0.15, 0.2) is 0 Å². The summed E-state index contributed by atoms with van der Waals surface area (Å²) in [6.45, 7) is 8.33. The zero-order valence-electron chi connectivity index (χ0n) is 10.6. The number of aliphatic hydroxyl groups excluding tert-OH is 1. The van der Waals surface area contributed by atoms with Crippen LogP contribution in [0.25, 0.3) is 0 Å². The predicted molar refractivity (Wildman–Crippen MR) is 64.9 cm³/mol. The number of hydrogen-bond donors (Lipinski definition) is 2. The van der Waals surface area contributed by atoms with Gasteiger partial charge in [0.2, 0.25) is 0 Å². The van der Waals surface area contributed by atoms with Crippen LogP contribution in [-0.2, 0) is 0 Å². The zero-order chi connectivity index (χ0) is 11.3. The second kappa shape index (κ2) is 5.86. The summed E-state index contributed by atoms with van der Waals surface area (Å²) in [5.74, 6) is 0.846. The van der Waals surface area contributed by atoms with E-state index >= 15 is 0 Å². The summed E-state index contributed by atoms with van der Waals surface area (Å²) in [7, 11) is 0. The average molecular weight is 213 g/mol. The maximum atomic E-state index is 8.83. The van der Waals surface area contributed by atoms with Gasteiger partial charge in [0, 0.05) is 19.2 Å². The van der Waals surface area contributed by atoms with Crippen LogP contribution in [-0.4, -0.2) is 24.3 Å². The van der Waals surface area contributed by atoms with E-state index in [1.54, 1.807) is 0 Å². The first-order valence-electron chi connectivity index (χ1n) is 6.39. The molecular weight excluding hydrogens is 186 g/mol. The Morgan fingerprint density at radius 2 is 2.07 bits per heavy atom. The summed E-state index contributed by atoms with van der Waals surface area (Å²) in [5, 5.41) is 12.5. The lowest BCUT2D eigenvalue weighted by molar-refractivity contribution is 0.228. The van der Waals surface area contributed by atoms with Crippen LogP contribution in [0.4, 0.5) is 0 Å². The van der Waals surface area contributed by atoms with Gasteiger partial charge in [-0.25, -0.2) is 0 Å². The Morgan fingerprint density at radius 1 is 1.33 bits per heavy atom. The SMILES string of the molecule is CC1CCCC1NCC(C)(C)CCCO. The highest BCUT2D eigenvalue weighted by atomic mass is 16.2. The van der Waals surface area contributed by atoms with Crippen molar-refractivity contribution in [2.75, 3.05) is 13.2 Å². The Hall–Kier alpha value is -0.0800. The maximum Gasteiger partial charge on any atom is 0.0431 e. The van der Waals surface area contributed by atoms with Gasteiger partial charge in [-0.1, -0.05) is 27.2 Å². The molecule has 0 radical (unpaired) electrons. The van der Waals surface area contributed by atoms with Gasteiger partial charge in [-0.15, -0.1) is 0 Å². The summed E-state index contributed by atoms with van der Waals surface area (Å²) >= 11 is 0. The topological polar surface area (TPSA) is 32.3 Å². The molecule has 15 heavy (non-hydrogen) atoms. The molecule has 0 spiro atoms. The maximum absolute atomic E-state index is 8.83. The molecule has 0 aromatic heterocycles. The zero-order valence-corrected chi connectivity index (χ0v) is 10.6. The van der Waals surface area contributed by atoms with Crippen molar-refractivity contribution in [2.45, 2.75) is 58.9 Å². The molecule has 0 heterocycles. The Balaban J connectivity index is 2.22. The molecule has 1 saturated carbocycles. The summed E-state index contributed by atoms with van der Waals surface area (Å²) in [6, 6.07) is 0.735. The molecule has 2 unspecified atom stereocenters. The fourth-order valence-corrected chi connectivity index (χ4v) is 2.50. The summed E-state index contributed by atoms with van der Waals surface area (Å²) in [6.07, 6.45) is 6.15. The number of hydrogen-bond acceptors (Lipinski definition) is 2. The highest BCUT2D eigenvalue weighted by Gasteiger charge is 2.25. The first-order valence-corrected chi connectivity index (χ1v) is 6.39. The molecular formula is C13H27NO. The summed E-state index contributed by atoms with van der Waals surface area (Å²) < 4.78 is 0. The Morgan fingerprint density at radius 3 is 2.60 bits per heavy atom. The minimum Gasteiger partial charge on any atom is -0.396 e. The van der Waals surface area contributed by atoms with E-state index in [1.807, 2.05) is 0 Å². The summed E-state index contributed by atoms with van der Waals surface area (Å²) in [4.78, 5) is 0. The molecule has 1 aliphatic rings. The highest BCUT2D eigenvalue weighted by molar-refractivity contribution is 4.82. The van der Waals surface area contributed by atoms with Crippen molar-refractivity contribution in [3.05, 3.63) is 0 Å². The van der Waals surface area contributed by atoms with E-state index in [0.29, 0.717) is 12.0 Å². The number of aliphatic hydroxyl groups is 1. The van der Waals surface area contributed by atoms with Gasteiger partial charge in [-0.05, 0) is 37.0 Å². The van der Waals surface area contributed by atoms with Crippen LogP contribution in [0.5, 0.6) is 0 Å². The third-order valence-electron chi connectivity index (χ3n) is 3.72. The van der Waals surface area contributed by atoms with Crippen LogP contribution in [0, 0.1) is 11.3 Å². The fraction of sp³-hybridized carbons (Fsp3) is 1.00. The minimum absolute atomic E-state index is 0.323. The number of nitrogens with one attached hydrogen (secondary N) is 1. The number of rotatable bonds is 6. The molecule has 2 atom stereocenters. The van der Waals surface area contributed by atoms with Crippen molar-refractivity contribution in [1.29, 1.82) is 0 Å². The molecule has 1 rings (SSSR count). The van der Waals surface area contributed by atoms with Crippen LogP contribution >= 0.6 is 0 Å². The van der Waals surface area contributed by atoms with Gasteiger partial charge in [0.25, 0.3) is 0 Å². The van der Waals surface area contributed by atoms with Gasteiger partial charge in [0.1, 0.15) is 0 Å². The lowest BCUT2D eigenvalue weighted by Crippen LogP contribution is -2.38. The van der Waals surface area contributed by atoms with Gasteiger partial charge in [-0.2, -0.15) is 0 Å². The second-order valence-corrected chi connectivity index (χ2v) is 5.89. The van der Waals surface area contributed by atoms with Gasteiger partial charge < -0.3 is 10.4 Å². The Labute approximate surface area is 94.5 Å². The van der Waals surface area contributed by atoms with E-state index in [4.69, 9.17) is 5.11 Å². The van der Waals surface area contributed by atoms with Crippen molar-refractivity contribution >= 4 is 0 Å². The second-order valence-electron chi connectivity index (χ2n) is 5.89. The van der Waals surface area contributed by atoms with E-state index < -0.39 is 0 Å². The van der Waals surface area contributed by atoms with Crippen LogP contribution in [0.2, 0.25) is 0 Å². The molecule has 2 nitrogen and oxygen atoms in total. The van der Waals surface area contributed by atoms with E-state index in [1.165, 1.54) is 19.3 Å². The van der Waals surface area contributed by atoms with Gasteiger partial charge in [-0.3, -0.25) is 0 Å². The fourth-order valence-electron chi connectivity index (χ4n) is 2.50. The first kappa shape index (κ1) is 13.0. The van der Waals surface area contributed by atoms with Crippen molar-refractivity contribution < 1.29 is 5.11 Å². The molecule has 0 aliphatic heterocycles. The van der Waals surface area contributed by atoms with Crippen LogP contribution < -0.4 is 5.32 Å². The monoisotopic (exact) mass is 213 g/mol. The minimum atomic E-state index is 0.323. The van der Waals surface area contributed by atoms with Crippen molar-refractivity contribution in [3.63, 3.8) is 0 Å². The normalized spacial score (nSPS) is 27.2. The van der Waals surface area contributed by atoms with E-state index in [0.717, 1.165) is 31.3 Å². The van der Waals surface area contributed by atoms with Crippen molar-refractivity contribution in [1.82, 2.24) is 5.32 Å². The molecule has 2 heteroatoms. The molecule has 1 aliphatic carbocycles. The lowest BCUT2D eigenvalue weighted by Gasteiger charge is -2.28. The third kappa shape index (κ3) is 4.52. The smallest absolute Gasteiger partial charge is 0.0431 e. The third-order valence-corrected chi connectivity index (χ3v) is 3.72. The molecule has 0 bridgehead atoms. The van der Waals surface area contributed by atoms with Gasteiger partial charge in [0.15, 0.2) is 0 Å². The Kier molecular flexibility index (Phi) is 5.07. The van der Waals surface area contributed by atoms with Gasteiger partial charge in [0.05, 0.1) is 0 Å². The standard InChI is InChI=1S/C13H27NO/c1-11-6-4-7-12(11)14-10-13(2,3)8-5-9-15/h11-12,14-15H,4-10H2,1-3H3. The summed E-state index contributed by atoms with van der Waals surface area (Å²) in [5.41, 5.74) is 0.324. The van der Waals surface area contributed by atoms with Gasteiger partial charge >= 0.3 is 0 Å². The van der Waals surface area contributed by atoms with Crippen LogP contribution in [0.1, 0.15) is 52.9 Å². The predicted octanol–water partition coefficient (Wildman–Crippen LogP) is 2.56. The quantitative estimate of drug-likeness (QED) is 0.711. The van der Waals surface area contributed by atoms with E-state index in [9.17, 15) is 0 Å². The molecule has 0 saturated heterocycles. The van der Waals surface area contributed by atoms with E-state index in [2.05, 4.69) is 26.1 Å². The largest absolute Gasteiger partial charge is 0.396 e. The molecule has 0 aromatic carbocycles. The highest BCUT2D eigenvalue weighted by Crippen LogP contribution is 2.27. The van der Waals surface area contributed by atoms with Crippen molar-refractivity contribution in [3.8, 4) is 0 Å². The Bertz CT molecular complexity index is 179. The molecule has 1 fully saturated rings. The molecule has 90 valence electrons. The lowest BCUT2D eigenvalue weighted by atomic mass is 9.87. The molecule has 0 aromatic rings. The molecule has 2 N–H and O–H groups in total. The average Bonchev–Trinajstić information content (AvgIpc) is 2.58.